The number of hydrogen-bond donors (Lipinski definition) is 1. The Hall–Kier alpha value is -2.40. The summed E-state index contributed by atoms with van der Waals surface area (Å²) in [6.45, 7) is 5.51. The molecule has 0 radical (unpaired) electrons. The van der Waals surface area contributed by atoms with Crippen LogP contribution < -0.4 is 5.32 Å². The lowest BCUT2D eigenvalue weighted by molar-refractivity contribution is -0.0135. The molecule has 120 valence electrons. The Morgan fingerprint density at radius 3 is 2.74 bits per heavy atom. The van der Waals surface area contributed by atoms with Crippen molar-refractivity contribution >= 4 is 11.7 Å². The van der Waals surface area contributed by atoms with Crippen molar-refractivity contribution in [2.75, 3.05) is 25.0 Å². The molecular weight excluding hydrogens is 290 g/mol. The first-order valence-corrected chi connectivity index (χ1v) is 7.80. The van der Waals surface area contributed by atoms with Gasteiger partial charge in [0.15, 0.2) is 0 Å². The minimum absolute atomic E-state index is 0.0760. The number of hydrogen-bond acceptors (Lipinski definition) is 3. The van der Waals surface area contributed by atoms with Crippen LogP contribution in [0.15, 0.2) is 42.5 Å². The molecule has 1 aromatic carbocycles. The third-order valence-corrected chi connectivity index (χ3v) is 3.99. The number of carbonyl (C=O) groups is 1. The zero-order chi connectivity index (χ0) is 16.2. The summed E-state index contributed by atoms with van der Waals surface area (Å²) in [4.78, 5) is 18.7. The Bertz CT molecular complexity index is 688. The first-order valence-electron chi connectivity index (χ1n) is 7.80. The van der Waals surface area contributed by atoms with Crippen molar-refractivity contribution in [1.29, 1.82) is 0 Å². The zero-order valence-corrected chi connectivity index (χ0v) is 13.5. The molecule has 0 aliphatic carbocycles. The van der Waals surface area contributed by atoms with Crippen molar-refractivity contribution in [3.8, 4) is 0 Å². The molecule has 23 heavy (non-hydrogen) atoms. The molecule has 0 saturated carbocycles. The van der Waals surface area contributed by atoms with Crippen LogP contribution in [0.4, 0.5) is 10.5 Å². The van der Waals surface area contributed by atoms with Crippen molar-refractivity contribution in [2.45, 2.75) is 20.0 Å². The van der Waals surface area contributed by atoms with Crippen molar-refractivity contribution in [3.63, 3.8) is 0 Å². The van der Waals surface area contributed by atoms with E-state index in [4.69, 9.17) is 4.74 Å². The maximum absolute atomic E-state index is 12.5. The predicted octanol–water partition coefficient (Wildman–Crippen LogP) is 3.30. The summed E-state index contributed by atoms with van der Waals surface area (Å²) in [5.41, 5.74) is 3.61. The quantitative estimate of drug-likeness (QED) is 0.926. The summed E-state index contributed by atoms with van der Waals surface area (Å²) in [6.07, 6.45) is -0.0760. The van der Waals surface area contributed by atoms with Gasteiger partial charge in [-0.25, -0.2) is 4.79 Å². The van der Waals surface area contributed by atoms with Crippen LogP contribution in [0.5, 0.6) is 0 Å². The maximum Gasteiger partial charge on any atom is 0.322 e. The predicted molar refractivity (Wildman–Crippen MR) is 89.4 cm³/mol. The summed E-state index contributed by atoms with van der Waals surface area (Å²) >= 11 is 0. The number of carbonyl (C=O) groups excluding carboxylic acids is 1. The Morgan fingerprint density at radius 1 is 1.22 bits per heavy atom. The highest BCUT2D eigenvalue weighted by atomic mass is 16.5. The monoisotopic (exact) mass is 311 g/mol. The second-order valence-corrected chi connectivity index (χ2v) is 5.73. The summed E-state index contributed by atoms with van der Waals surface area (Å²) in [5.74, 6) is 0. The highest BCUT2D eigenvalue weighted by Crippen LogP contribution is 2.22. The van der Waals surface area contributed by atoms with E-state index in [0.717, 1.165) is 22.6 Å². The highest BCUT2D eigenvalue weighted by Gasteiger charge is 2.25. The number of nitrogens with zero attached hydrogens (tertiary/aromatic N) is 2. The van der Waals surface area contributed by atoms with Gasteiger partial charge in [0.25, 0.3) is 0 Å². The van der Waals surface area contributed by atoms with E-state index >= 15 is 0 Å². The van der Waals surface area contributed by atoms with Gasteiger partial charge in [-0.15, -0.1) is 0 Å². The van der Waals surface area contributed by atoms with Gasteiger partial charge in [-0.1, -0.05) is 30.3 Å². The Morgan fingerprint density at radius 2 is 2.00 bits per heavy atom. The second kappa shape index (κ2) is 6.79. The average Bonchev–Trinajstić information content (AvgIpc) is 2.58. The molecule has 3 rings (SSSR count). The van der Waals surface area contributed by atoms with Gasteiger partial charge in [0, 0.05) is 12.2 Å². The Balaban J connectivity index is 1.67. The largest absolute Gasteiger partial charge is 0.370 e. The number of benzene rings is 1. The molecule has 0 spiro atoms. The fourth-order valence-corrected chi connectivity index (χ4v) is 2.72. The Labute approximate surface area is 136 Å². The molecule has 5 heteroatoms. The van der Waals surface area contributed by atoms with Crippen molar-refractivity contribution in [3.05, 3.63) is 59.4 Å². The van der Waals surface area contributed by atoms with E-state index in [0.29, 0.717) is 19.7 Å². The number of anilines is 1. The van der Waals surface area contributed by atoms with Gasteiger partial charge in [0.2, 0.25) is 0 Å². The minimum Gasteiger partial charge on any atom is -0.370 e. The summed E-state index contributed by atoms with van der Waals surface area (Å²) in [5, 5.41) is 2.95. The number of amides is 2. The van der Waals surface area contributed by atoms with Gasteiger partial charge in [-0.2, -0.15) is 0 Å². The minimum atomic E-state index is -0.108. The molecule has 1 fully saturated rings. The van der Waals surface area contributed by atoms with E-state index in [1.54, 1.807) is 4.90 Å². The second-order valence-electron chi connectivity index (χ2n) is 5.73. The molecule has 1 aliphatic heterocycles. The van der Waals surface area contributed by atoms with Crippen LogP contribution in [0.3, 0.4) is 0 Å². The molecule has 1 atom stereocenters. The van der Waals surface area contributed by atoms with Crippen LogP contribution in [-0.2, 0) is 4.74 Å². The number of pyridine rings is 1. The number of morpholine rings is 1. The SMILES string of the molecule is Cc1ccc(NC(=O)N2CCO[C@@H](c3ccccc3)C2)c(C)n1. The van der Waals surface area contributed by atoms with Crippen LogP contribution in [-0.4, -0.2) is 35.6 Å². The van der Waals surface area contributed by atoms with Crippen LogP contribution >= 0.6 is 0 Å². The molecule has 2 aromatic rings. The van der Waals surface area contributed by atoms with Gasteiger partial charge in [0.05, 0.1) is 24.5 Å². The molecule has 1 aliphatic rings. The molecule has 0 bridgehead atoms. The average molecular weight is 311 g/mol. The van der Waals surface area contributed by atoms with E-state index in [9.17, 15) is 4.79 Å². The number of ether oxygens (including phenoxy) is 1. The molecule has 1 aromatic heterocycles. The number of urea groups is 1. The number of aromatic nitrogens is 1. The van der Waals surface area contributed by atoms with Crippen LogP contribution in [0.2, 0.25) is 0 Å². The van der Waals surface area contributed by atoms with Crippen LogP contribution in [0.1, 0.15) is 23.1 Å². The van der Waals surface area contributed by atoms with E-state index in [-0.39, 0.29) is 12.1 Å². The first kappa shape index (κ1) is 15.5. The smallest absolute Gasteiger partial charge is 0.322 e. The third-order valence-electron chi connectivity index (χ3n) is 3.99. The lowest BCUT2D eigenvalue weighted by Crippen LogP contribution is -2.44. The lowest BCUT2D eigenvalue weighted by Gasteiger charge is -2.33. The number of nitrogens with one attached hydrogen (secondary N) is 1. The van der Waals surface area contributed by atoms with Crippen molar-refractivity contribution < 1.29 is 9.53 Å². The van der Waals surface area contributed by atoms with Crippen molar-refractivity contribution in [1.82, 2.24) is 9.88 Å². The van der Waals surface area contributed by atoms with Crippen molar-refractivity contribution in [2.24, 2.45) is 0 Å². The van der Waals surface area contributed by atoms with Gasteiger partial charge in [0.1, 0.15) is 6.10 Å². The molecular formula is C18H21N3O2. The van der Waals surface area contributed by atoms with Gasteiger partial charge in [-0.05, 0) is 31.5 Å². The molecule has 5 nitrogen and oxygen atoms in total. The summed E-state index contributed by atoms with van der Waals surface area (Å²) in [7, 11) is 0. The van der Waals surface area contributed by atoms with E-state index in [1.165, 1.54) is 0 Å². The normalized spacial score (nSPS) is 17.8. The molecule has 1 N–H and O–H groups in total. The van der Waals surface area contributed by atoms with Gasteiger partial charge >= 0.3 is 6.03 Å². The summed E-state index contributed by atoms with van der Waals surface area (Å²) in [6, 6.07) is 13.7. The fraction of sp³-hybridized carbons (Fsp3) is 0.333. The van der Waals surface area contributed by atoms with Crippen LogP contribution in [0, 0.1) is 13.8 Å². The van der Waals surface area contributed by atoms with E-state index in [1.807, 2.05) is 56.3 Å². The molecule has 2 heterocycles. The lowest BCUT2D eigenvalue weighted by atomic mass is 10.1. The fourth-order valence-electron chi connectivity index (χ4n) is 2.72. The van der Waals surface area contributed by atoms with Gasteiger partial charge < -0.3 is 15.0 Å². The van der Waals surface area contributed by atoms with Gasteiger partial charge in [-0.3, -0.25) is 4.98 Å². The molecule has 1 saturated heterocycles. The summed E-state index contributed by atoms with van der Waals surface area (Å²) < 4.78 is 5.80. The molecule has 0 unspecified atom stereocenters. The third kappa shape index (κ3) is 3.68. The maximum atomic E-state index is 12.5. The first-order chi connectivity index (χ1) is 11.1. The van der Waals surface area contributed by atoms with Crippen LogP contribution in [0.25, 0.3) is 0 Å². The Kier molecular flexibility index (Phi) is 4.57. The zero-order valence-electron chi connectivity index (χ0n) is 13.5. The number of aryl methyl sites for hydroxylation is 2. The topological polar surface area (TPSA) is 54.5 Å². The van der Waals surface area contributed by atoms with E-state index in [2.05, 4.69) is 10.3 Å². The molecule has 2 amide bonds. The number of rotatable bonds is 2. The highest BCUT2D eigenvalue weighted by molar-refractivity contribution is 5.90. The van der Waals surface area contributed by atoms with E-state index < -0.39 is 0 Å². The standard InChI is InChI=1S/C18H21N3O2/c1-13-8-9-16(14(2)19-13)20-18(22)21-10-11-23-17(12-21)15-6-4-3-5-7-15/h3-9,17H,10-12H2,1-2H3,(H,20,22)/t17-/m1/s1.